The van der Waals surface area contributed by atoms with Crippen LogP contribution in [-0.4, -0.2) is 27.0 Å². The van der Waals surface area contributed by atoms with Crippen LogP contribution in [-0.2, 0) is 0 Å². The highest BCUT2D eigenvalue weighted by Crippen LogP contribution is 2.39. The van der Waals surface area contributed by atoms with Crippen LogP contribution >= 0.6 is 0 Å². The Balaban J connectivity index is 1.78. The van der Waals surface area contributed by atoms with Crippen molar-refractivity contribution < 1.29 is 31.1 Å². The molecule has 0 aliphatic heterocycles. The van der Waals surface area contributed by atoms with Gasteiger partial charge in [-0.1, -0.05) is 12.1 Å². The Kier molecular flexibility index (Phi) is 6.37. The molecule has 0 amide bonds. The first-order valence-corrected chi connectivity index (χ1v) is 10.8. The summed E-state index contributed by atoms with van der Waals surface area (Å²) in [5.41, 5.74) is 0.450. The molecule has 35 heavy (non-hydrogen) atoms. The number of alkyl halides is 5. The van der Waals surface area contributed by atoms with Gasteiger partial charge in [-0.25, -0.2) is 18.2 Å². The van der Waals surface area contributed by atoms with Gasteiger partial charge in [0.1, 0.15) is 11.3 Å². The van der Waals surface area contributed by atoms with E-state index in [-0.39, 0.29) is 36.8 Å². The Hall–Kier alpha value is -3.37. The Morgan fingerprint density at radius 3 is 2.37 bits per heavy atom. The van der Waals surface area contributed by atoms with Gasteiger partial charge in [-0.15, -0.1) is 13.2 Å². The smallest absolute Gasteiger partial charge is 0.406 e. The van der Waals surface area contributed by atoms with Crippen LogP contribution in [0.1, 0.15) is 54.2 Å². The third-order valence-electron chi connectivity index (χ3n) is 6.00. The summed E-state index contributed by atoms with van der Waals surface area (Å²) in [7, 11) is 0. The molecule has 5 nitrogen and oxygen atoms in total. The summed E-state index contributed by atoms with van der Waals surface area (Å²) in [6, 6.07) is 5.60. The highest BCUT2D eigenvalue weighted by molar-refractivity contribution is 5.82. The van der Waals surface area contributed by atoms with E-state index in [1.807, 2.05) is 0 Å². The third-order valence-corrected chi connectivity index (χ3v) is 6.00. The zero-order valence-corrected chi connectivity index (χ0v) is 18.8. The number of nitrogens with zero attached hydrogens (tertiary/aromatic N) is 3. The van der Waals surface area contributed by atoms with Crippen molar-refractivity contribution in [2.45, 2.75) is 57.9 Å². The van der Waals surface area contributed by atoms with Crippen molar-refractivity contribution in [3.8, 4) is 5.75 Å². The van der Waals surface area contributed by atoms with Crippen LogP contribution < -0.4 is 10.2 Å². The second-order valence-corrected chi connectivity index (χ2v) is 8.58. The standard InChI is InChI=1S/C24H21F6N3O2/c1-13-11-19-21(31-14(13)2)22(34)20(32-33(19)16-7-9-23(26,27)10-8-16)18(25)12-15-3-5-17(6-4-15)35-24(28,29)30/h3-6,11-12,16H,7-10H2,1-2H3/b18-12-. The van der Waals surface area contributed by atoms with Gasteiger partial charge in [0.25, 0.3) is 0 Å². The van der Waals surface area contributed by atoms with E-state index in [1.54, 1.807) is 19.9 Å². The van der Waals surface area contributed by atoms with E-state index in [0.29, 0.717) is 11.2 Å². The summed E-state index contributed by atoms with van der Waals surface area (Å²) in [6.45, 7) is 3.47. The van der Waals surface area contributed by atoms with E-state index in [9.17, 15) is 26.7 Å². The van der Waals surface area contributed by atoms with E-state index >= 15 is 4.39 Å². The van der Waals surface area contributed by atoms with Crippen LogP contribution in [0.25, 0.3) is 22.9 Å². The van der Waals surface area contributed by atoms with Gasteiger partial charge in [-0.05, 0) is 62.1 Å². The first-order valence-electron chi connectivity index (χ1n) is 10.8. The molecule has 1 aliphatic rings. The monoisotopic (exact) mass is 497 g/mol. The van der Waals surface area contributed by atoms with Gasteiger partial charge in [0.05, 0.1) is 11.6 Å². The number of pyridine rings is 1. The fourth-order valence-electron chi connectivity index (χ4n) is 4.04. The summed E-state index contributed by atoms with van der Waals surface area (Å²) >= 11 is 0. The summed E-state index contributed by atoms with van der Waals surface area (Å²) < 4.78 is 84.9. The highest BCUT2D eigenvalue weighted by Gasteiger charge is 2.36. The molecule has 0 unspecified atom stereocenters. The lowest BCUT2D eigenvalue weighted by Gasteiger charge is -2.30. The predicted molar refractivity (Wildman–Crippen MR) is 118 cm³/mol. The highest BCUT2D eigenvalue weighted by atomic mass is 19.4. The molecule has 0 bridgehead atoms. The van der Waals surface area contributed by atoms with E-state index in [1.165, 1.54) is 16.8 Å². The minimum Gasteiger partial charge on any atom is -0.406 e. The largest absolute Gasteiger partial charge is 0.573 e. The molecule has 1 aliphatic carbocycles. The normalized spacial score (nSPS) is 17.1. The molecule has 186 valence electrons. The van der Waals surface area contributed by atoms with Crippen molar-refractivity contribution >= 4 is 22.9 Å². The SMILES string of the molecule is Cc1cc2c(nc1C)c(=O)c(/C(F)=C/c1ccc(OC(F)(F)F)cc1)nn2C1CCC(F)(F)CC1. The molecule has 3 aromatic rings. The second-order valence-electron chi connectivity index (χ2n) is 8.58. The topological polar surface area (TPSA) is 57.0 Å². The van der Waals surface area contributed by atoms with Gasteiger partial charge >= 0.3 is 6.36 Å². The lowest BCUT2D eigenvalue weighted by atomic mass is 9.92. The fourth-order valence-corrected chi connectivity index (χ4v) is 4.04. The van der Waals surface area contributed by atoms with Gasteiger partial charge < -0.3 is 4.74 Å². The molecular weight excluding hydrogens is 476 g/mol. The zero-order chi connectivity index (χ0) is 25.5. The maximum Gasteiger partial charge on any atom is 0.573 e. The third kappa shape index (κ3) is 5.49. The van der Waals surface area contributed by atoms with E-state index < -0.39 is 41.0 Å². The number of aromatic nitrogens is 3. The van der Waals surface area contributed by atoms with Gasteiger partial charge in [0, 0.05) is 18.5 Å². The maximum absolute atomic E-state index is 15.3. The van der Waals surface area contributed by atoms with Crippen molar-refractivity contribution in [3.05, 3.63) is 63.1 Å². The molecular formula is C24H21F6N3O2. The van der Waals surface area contributed by atoms with Crippen LogP contribution in [0.3, 0.4) is 0 Å². The average molecular weight is 497 g/mol. The Labute approximate surface area is 196 Å². The minimum atomic E-state index is -4.87. The van der Waals surface area contributed by atoms with Gasteiger partial charge in [-0.2, -0.15) is 5.10 Å². The molecule has 11 heteroatoms. The molecule has 1 aromatic carbocycles. The van der Waals surface area contributed by atoms with Gasteiger partial charge in [0.15, 0.2) is 11.5 Å². The Morgan fingerprint density at radius 1 is 1.14 bits per heavy atom. The molecule has 0 N–H and O–H groups in total. The summed E-state index contributed by atoms with van der Waals surface area (Å²) in [5.74, 6) is -4.30. The predicted octanol–water partition coefficient (Wildman–Crippen LogP) is 6.52. The molecule has 0 spiro atoms. The quantitative estimate of drug-likeness (QED) is 0.385. The molecule has 1 saturated carbocycles. The Morgan fingerprint density at radius 2 is 1.77 bits per heavy atom. The van der Waals surface area contributed by atoms with Crippen LogP contribution in [0, 0.1) is 13.8 Å². The number of hydrogen-bond donors (Lipinski definition) is 0. The van der Waals surface area contributed by atoms with Gasteiger partial charge in [0.2, 0.25) is 11.4 Å². The van der Waals surface area contributed by atoms with E-state index in [4.69, 9.17) is 0 Å². The second kappa shape index (κ2) is 9.01. The van der Waals surface area contributed by atoms with Crippen LogP contribution in [0.2, 0.25) is 0 Å². The molecule has 0 atom stereocenters. The number of ether oxygens (including phenoxy) is 1. The van der Waals surface area contributed by atoms with E-state index in [2.05, 4.69) is 14.8 Å². The molecule has 1 fully saturated rings. The van der Waals surface area contributed by atoms with Gasteiger partial charge in [-0.3, -0.25) is 9.48 Å². The van der Waals surface area contributed by atoms with E-state index in [0.717, 1.165) is 23.8 Å². The van der Waals surface area contributed by atoms with Crippen molar-refractivity contribution in [2.24, 2.45) is 0 Å². The number of rotatable bonds is 4. The van der Waals surface area contributed by atoms with Crippen molar-refractivity contribution in [3.63, 3.8) is 0 Å². The molecule has 2 aromatic heterocycles. The average Bonchev–Trinajstić information content (AvgIpc) is 2.76. The van der Waals surface area contributed by atoms with Crippen molar-refractivity contribution in [1.82, 2.24) is 14.8 Å². The summed E-state index contributed by atoms with van der Waals surface area (Å²) in [6.07, 6.45) is -4.44. The summed E-state index contributed by atoms with van der Waals surface area (Å²) in [4.78, 5) is 17.4. The lowest BCUT2D eigenvalue weighted by molar-refractivity contribution is -0.274. The Bertz CT molecular complexity index is 1340. The van der Waals surface area contributed by atoms with Crippen LogP contribution in [0.4, 0.5) is 26.3 Å². The number of hydrogen-bond acceptors (Lipinski definition) is 4. The summed E-state index contributed by atoms with van der Waals surface area (Å²) in [5, 5.41) is 4.21. The first kappa shape index (κ1) is 24.7. The lowest BCUT2D eigenvalue weighted by Crippen LogP contribution is -2.29. The minimum absolute atomic E-state index is 0.0343. The molecule has 4 rings (SSSR count). The number of halogens is 6. The fraction of sp³-hybridized carbons (Fsp3) is 0.375. The zero-order valence-electron chi connectivity index (χ0n) is 18.8. The molecule has 0 radical (unpaired) electrons. The van der Waals surface area contributed by atoms with Crippen molar-refractivity contribution in [1.29, 1.82) is 0 Å². The first-order chi connectivity index (χ1) is 16.3. The van der Waals surface area contributed by atoms with Crippen LogP contribution in [0.15, 0.2) is 35.1 Å². The number of benzene rings is 1. The number of aryl methyl sites for hydroxylation is 2. The molecule has 0 saturated heterocycles. The van der Waals surface area contributed by atoms with Crippen molar-refractivity contribution in [2.75, 3.05) is 0 Å². The molecule has 2 heterocycles. The van der Waals surface area contributed by atoms with Crippen LogP contribution in [0.5, 0.6) is 5.75 Å². The number of fused-ring (bicyclic) bond motifs is 1. The maximum atomic E-state index is 15.3.